The summed E-state index contributed by atoms with van der Waals surface area (Å²) in [5, 5.41) is 10.9. The van der Waals surface area contributed by atoms with Crippen molar-refractivity contribution in [2.45, 2.75) is 37.3 Å². The molecule has 3 atom stereocenters. The summed E-state index contributed by atoms with van der Waals surface area (Å²) in [6.07, 6.45) is 4.05. The van der Waals surface area contributed by atoms with Crippen LogP contribution in [-0.4, -0.2) is 16.1 Å². The van der Waals surface area contributed by atoms with Gasteiger partial charge < -0.3 is 0 Å². The molecule has 2 fully saturated rings. The largest absolute Gasteiger partial charge is 0.289 e. The summed E-state index contributed by atoms with van der Waals surface area (Å²) >= 11 is 1.48. The second kappa shape index (κ2) is 5.69. The van der Waals surface area contributed by atoms with Gasteiger partial charge in [-0.3, -0.25) is 15.0 Å². The third kappa shape index (κ3) is 2.46. The van der Waals surface area contributed by atoms with Crippen molar-refractivity contribution < 1.29 is 14.4 Å². The number of pyridine rings is 1. The summed E-state index contributed by atoms with van der Waals surface area (Å²) in [6, 6.07) is 5.68. The summed E-state index contributed by atoms with van der Waals surface area (Å²) < 4.78 is 13.2. The number of alkyl halides is 1. The summed E-state index contributed by atoms with van der Waals surface area (Å²) in [6.45, 7) is -0.530. The Balaban J connectivity index is 1.73. The van der Waals surface area contributed by atoms with Gasteiger partial charge in [-0.25, -0.2) is 9.87 Å². The highest BCUT2D eigenvalue weighted by Gasteiger charge is 2.58. The molecule has 1 amide bonds. The highest BCUT2D eigenvalue weighted by Crippen LogP contribution is 2.63. The molecule has 2 saturated carbocycles. The molecular weight excluding hydrogens is 315 g/mol. The molecule has 0 radical (unpaired) electrons. The number of hydrogen-bond donors (Lipinski definition) is 2. The number of thiophene rings is 1. The van der Waals surface area contributed by atoms with E-state index >= 15 is 0 Å². The first kappa shape index (κ1) is 14.8. The lowest BCUT2D eigenvalue weighted by Gasteiger charge is -2.07. The standard InChI is InChI=1S/C17H17FN2O2S/c18-8-10-5-7-23-16(10)13-12(14(13)17(21)20-22)11-2-1-6-19-15(11)9-3-4-9/h1-2,5-7,9,12-14,22H,3-4,8H2,(H,20,21)/t12-,13-,14+/m1/s1. The molecule has 0 unspecified atom stereocenters. The molecule has 2 aromatic heterocycles. The van der Waals surface area contributed by atoms with Crippen molar-refractivity contribution in [1.29, 1.82) is 0 Å². The topological polar surface area (TPSA) is 62.2 Å². The Bertz CT molecular complexity index is 744. The predicted octanol–water partition coefficient (Wildman–Crippen LogP) is 3.49. The first-order valence-electron chi connectivity index (χ1n) is 7.77. The number of nitrogens with one attached hydrogen (secondary N) is 1. The zero-order valence-electron chi connectivity index (χ0n) is 12.4. The molecule has 4 nitrogen and oxygen atoms in total. The van der Waals surface area contributed by atoms with Gasteiger partial charge in [-0.1, -0.05) is 6.07 Å². The van der Waals surface area contributed by atoms with Gasteiger partial charge in [0.15, 0.2) is 0 Å². The van der Waals surface area contributed by atoms with Crippen LogP contribution in [0.4, 0.5) is 4.39 Å². The Morgan fingerprint density at radius 2 is 2.22 bits per heavy atom. The quantitative estimate of drug-likeness (QED) is 0.651. The maximum atomic E-state index is 13.2. The molecule has 2 aliphatic carbocycles. The maximum Gasteiger partial charge on any atom is 0.247 e. The monoisotopic (exact) mass is 332 g/mol. The van der Waals surface area contributed by atoms with E-state index in [9.17, 15) is 9.18 Å². The van der Waals surface area contributed by atoms with Gasteiger partial charge in [0.1, 0.15) is 6.67 Å². The highest BCUT2D eigenvalue weighted by molar-refractivity contribution is 7.10. The molecular formula is C17H17FN2O2S. The van der Waals surface area contributed by atoms with Crippen molar-refractivity contribution in [1.82, 2.24) is 10.5 Å². The first-order valence-corrected chi connectivity index (χ1v) is 8.65. The van der Waals surface area contributed by atoms with E-state index in [4.69, 9.17) is 5.21 Å². The Hall–Kier alpha value is -1.79. The summed E-state index contributed by atoms with van der Waals surface area (Å²) in [7, 11) is 0. The van der Waals surface area contributed by atoms with Crippen LogP contribution in [0.15, 0.2) is 29.8 Å². The van der Waals surface area contributed by atoms with Crippen LogP contribution < -0.4 is 5.48 Å². The summed E-state index contributed by atoms with van der Waals surface area (Å²) in [5.41, 5.74) is 4.56. The van der Waals surface area contributed by atoms with Gasteiger partial charge in [-0.15, -0.1) is 11.3 Å². The highest BCUT2D eigenvalue weighted by atomic mass is 32.1. The van der Waals surface area contributed by atoms with E-state index in [0.717, 1.165) is 29.0 Å². The Morgan fingerprint density at radius 3 is 2.91 bits per heavy atom. The first-order chi connectivity index (χ1) is 11.3. The zero-order valence-corrected chi connectivity index (χ0v) is 13.2. The second-order valence-corrected chi connectivity index (χ2v) is 7.20. The van der Waals surface area contributed by atoms with Gasteiger partial charge in [0.05, 0.1) is 5.92 Å². The smallest absolute Gasteiger partial charge is 0.247 e. The predicted molar refractivity (Wildman–Crippen MR) is 84.2 cm³/mol. The van der Waals surface area contributed by atoms with Gasteiger partial charge >= 0.3 is 0 Å². The van der Waals surface area contributed by atoms with Gasteiger partial charge in [0.2, 0.25) is 5.91 Å². The molecule has 4 rings (SSSR count). The van der Waals surface area contributed by atoms with Crippen molar-refractivity contribution >= 4 is 17.2 Å². The number of aromatic nitrogens is 1. The average molecular weight is 332 g/mol. The van der Waals surface area contributed by atoms with E-state index in [1.807, 2.05) is 17.5 Å². The van der Waals surface area contributed by atoms with E-state index < -0.39 is 12.6 Å². The minimum atomic E-state index is -0.530. The van der Waals surface area contributed by atoms with Crippen LogP contribution in [0.25, 0.3) is 0 Å². The molecule has 23 heavy (non-hydrogen) atoms. The van der Waals surface area contributed by atoms with Gasteiger partial charge in [0.25, 0.3) is 0 Å². The number of rotatable bonds is 5. The lowest BCUT2D eigenvalue weighted by molar-refractivity contribution is -0.130. The van der Waals surface area contributed by atoms with Gasteiger partial charge in [-0.05, 0) is 41.5 Å². The molecule has 0 spiro atoms. The molecule has 0 aliphatic heterocycles. The molecule has 0 bridgehead atoms. The van der Waals surface area contributed by atoms with Crippen molar-refractivity contribution in [3.05, 3.63) is 51.5 Å². The minimum Gasteiger partial charge on any atom is -0.289 e. The van der Waals surface area contributed by atoms with Crippen LogP contribution in [0.2, 0.25) is 0 Å². The average Bonchev–Trinajstić information content (AvgIpc) is 3.50. The second-order valence-electron chi connectivity index (χ2n) is 6.25. The fourth-order valence-electron chi connectivity index (χ4n) is 3.58. The summed E-state index contributed by atoms with van der Waals surface area (Å²) in [5.74, 6) is -0.381. The molecule has 120 valence electrons. The maximum absolute atomic E-state index is 13.2. The van der Waals surface area contributed by atoms with Crippen molar-refractivity contribution in [2.24, 2.45) is 5.92 Å². The van der Waals surface area contributed by atoms with E-state index in [1.54, 1.807) is 17.7 Å². The number of nitrogens with zero attached hydrogens (tertiary/aromatic N) is 1. The van der Waals surface area contributed by atoms with Crippen LogP contribution in [0.5, 0.6) is 0 Å². The normalized spacial score (nSPS) is 26.1. The molecule has 0 saturated heterocycles. The van der Waals surface area contributed by atoms with Crippen LogP contribution >= 0.6 is 11.3 Å². The number of hydrogen-bond acceptors (Lipinski definition) is 4. The van der Waals surface area contributed by atoms with E-state index in [0.29, 0.717) is 11.5 Å². The van der Waals surface area contributed by atoms with Crippen LogP contribution in [0.3, 0.4) is 0 Å². The number of carbonyl (C=O) groups excluding carboxylic acids is 1. The molecule has 0 aromatic carbocycles. The SMILES string of the molecule is O=C(NO)[C@H]1[C@H](c2cccnc2C2CC2)[C@H]1c1sccc1CF. The van der Waals surface area contributed by atoms with Gasteiger partial charge in [0, 0.05) is 34.5 Å². The zero-order chi connectivity index (χ0) is 16.0. The number of halogens is 1. The van der Waals surface area contributed by atoms with Crippen LogP contribution in [0.1, 0.15) is 52.3 Å². The number of carbonyl (C=O) groups is 1. The Morgan fingerprint density at radius 1 is 1.39 bits per heavy atom. The molecule has 2 aromatic rings. The minimum absolute atomic E-state index is 0.0320. The third-order valence-corrected chi connectivity index (χ3v) is 5.92. The summed E-state index contributed by atoms with van der Waals surface area (Å²) in [4.78, 5) is 17.5. The molecule has 2 heterocycles. The molecule has 6 heteroatoms. The van der Waals surface area contributed by atoms with E-state index in [1.165, 1.54) is 11.3 Å². The Labute approximate surface area is 137 Å². The van der Waals surface area contributed by atoms with Crippen molar-refractivity contribution in [3.8, 4) is 0 Å². The van der Waals surface area contributed by atoms with Gasteiger partial charge in [-0.2, -0.15) is 0 Å². The van der Waals surface area contributed by atoms with Crippen LogP contribution in [0, 0.1) is 5.92 Å². The third-order valence-electron chi connectivity index (χ3n) is 4.85. The fraction of sp³-hybridized carbons (Fsp3) is 0.412. The Kier molecular flexibility index (Phi) is 3.66. The van der Waals surface area contributed by atoms with Crippen LogP contribution in [-0.2, 0) is 11.5 Å². The molecule has 2 N–H and O–H groups in total. The number of hydroxylamine groups is 1. The van der Waals surface area contributed by atoms with E-state index in [-0.39, 0.29) is 17.8 Å². The lowest BCUT2D eigenvalue weighted by atomic mass is 10.0. The van der Waals surface area contributed by atoms with E-state index in [2.05, 4.69) is 4.98 Å². The van der Waals surface area contributed by atoms with Crippen molar-refractivity contribution in [3.63, 3.8) is 0 Å². The lowest BCUT2D eigenvalue weighted by Crippen LogP contribution is -2.21. The number of amides is 1. The van der Waals surface area contributed by atoms with Crippen molar-refractivity contribution in [2.75, 3.05) is 0 Å². The fourth-order valence-corrected chi connectivity index (χ4v) is 4.69. The molecule has 2 aliphatic rings.